The lowest BCUT2D eigenvalue weighted by molar-refractivity contribution is 0.324. The number of ether oxygens (including phenoxy) is 3. The molecule has 0 bridgehead atoms. The fraction of sp³-hybridized carbons (Fsp3) is 0.292. The molecule has 1 heterocycles. The van der Waals surface area contributed by atoms with Crippen LogP contribution in [0.25, 0.3) is 11.3 Å². The fourth-order valence-corrected chi connectivity index (χ4v) is 4.09. The number of nitriles is 1. The summed E-state index contributed by atoms with van der Waals surface area (Å²) >= 11 is 1.51. The molecule has 7 nitrogen and oxygen atoms in total. The normalized spacial score (nSPS) is 12.1. The summed E-state index contributed by atoms with van der Waals surface area (Å²) in [7, 11) is 4.76. The summed E-state index contributed by atoms with van der Waals surface area (Å²) in [6, 6.07) is 13.4. The van der Waals surface area contributed by atoms with Crippen LogP contribution in [0.5, 0.6) is 17.2 Å². The van der Waals surface area contributed by atoms with Crippen LogP contribution in [0.3, 0.4) is 0 Å². The molecule has 8 heteroatoms. The molecular formula is C24H26N4O3S. The maximum absolute atomic E-state index is 9.06. The van der Waals surface area contributed by atoms with E-state index in [4.69, 9.17) is 29.6 Å². The molecule has 32 heavy (non-hydrogen) atoms. The number of benzene rings is 2. The highest BCUT2D eigenvalue weighted by Crippen LogP contribution is 2.41. The van der Waals surface area contributed by atoms with E-state index in [0.717, 1.165) is 27.3 Å². The largest absolute Gasteiger partial charge is 0.493 e. The molecular weight excluding hydrogens is 424 g/mol. The molecule has 0 radical (unpaired) electrons. The third-order valence-electron chi connectivity index (χ3n) is 4.70. The molecule has 0 aliphatic heterocycles. The summed E-state index contributed by atoms with van der Waals surface area (Å²) in [5.74, 6) is 1.66. The van der Waals surface area contributed by atoms with Crippen molar-refractivity contribution >= 4 is 17.0 Å². The zero-order chi connectivity index (χ0) is 23.3. The minimum Gasteiger partial charge on any atom is -0.493 e. The van der Waals surface area contributed by atoms with Crippen molar-refractivity contribution < 1.29 is 14.2 Å². The number of methoxy groups -OCH3 is 3. The van der Waals surface area contributed by atoms with Crippen LogP contribution in [-0.2, 0) is 0 Å². The Morgan fingerprint density at radius 3 is 2.16 bits per heavy atom. The van der Waals surface area contributed by atoms with Crippen LogP contribution in [0.4, 0.5) is 0 Å². The molecule has 0 saturated carbocycles. The molecule has 0 fully saturated rings. The van der Waals surface area contributed by atoms with Crippen LogP contribution < -0.4 is 19.0 Å². The third-order valence-corrected chi connectivity index (χ3v) is 5.53. The van der Waals surface area contributed by atoms with E-state index >= 15 is 0 Å². The molecule has 0 unspecified atom stereocenters. The van der Waals surface area contributed by atoms with Gasteiger partial charge in [0.2, 0.25) is 10.6 Å². The van der Waals surface area contributed by atoms with E-state index in [1.165, 1.54) is 11.3 Å². The number of nitrogens with zero attached hydrogens (tertiary/aromatic N) is 4. The average Bonchev–Trinajstić information content (AvgIpc) is 3.19. The summed E-state index contributed by atoms with van der Waals surface area (Å²) in [6.45, 7) is 5.99. The van der Waals surface area contributed by atoms with Crippen LogP contribution >= 0.6 is 11.3 Å². The second-order valence-corrected chi connectivity index (χ2v) is 8.06. The smallest absolute Gasteiger partial charge is 0.206 e. The molecule has 0 aliphatic rings. The van der Waals surface area contributed by atoms with Gasteiger partial charge in [-0.25, -0.2) is 4.68 Å². The predicted molar refractivity (Wildman–Crippen MR) is 127 cm³/mol. The summed E-state index contributed by atoms with van der Waals surface area (Å²) < 4.78 is 18.3. The van der Waals surface area contributed by atoms with E-state index in [2.05, 4.69) is 6.07 Å². The summed E-state index contributed by atoms with van der Waals surface area (Å²) in [5.41, 5.74) is 4.04. The van der Waals surface area contributed by atoms with Crippen molar-refractivity contribution in [2.45, 2.75) is 26.8 Å². The minimum absolute atomic E-state index is 0.109. The van der Waals surface area contributed by atoms with E-state index in [0.29, 0.717) is 22.8 Å². The average molecular weight is 451 g/mol. The molecule has 0 saturated heterocycles. The Balaban J connectivity index is 2.21. The van der Waals surface area contributed by atoms with E-state index < -0.39 is 0 Å². The molecule has 0 atom stereocenters. The lowest BCUT2D eigenvalue weighted by Crippen LogP contribution is -2.16. The molecule has 3 rings (SSSR count). The quantitative estimate of drug-likeness (QED) is 0.489. The molecule has 0 amide bonds. The molecule has 3 aromatic rings. The summed E-state index contributed by atoms with van der Waals surface area (Å²) in [4.78, 5) is 5.52. The maximum atomic E-state index is 9.06. The topological polar surface area (TPSA) is 81.1 Å². The Bertz CT molecular complexity index is 1210. The van der Waals surface area contributed by atoms with E-state index in [1.54, 1.807) is 33.5 Å². The first kappa shape index (κ1) is 23.1. The van der Waals surface area contributed by atoms with Gasteiger partial charge in [0.25, 0.3) is 0 Å². The van der Waals surface area contributed by atoms with Gasteiger partial charge in [-0.3, -0.25) is 4.99 Å². The van der Waals surface area contributed by atoms with Gasteiger partial charge in [-0.15, -0.1) is 11.3 Å². The number of hydrogen-bond acceptors (Lipinski definition) is 7. The monoisotopic (exact) mass is 450 g/mol. The summed E-state index contributed by atoms with van der Waals surface area (Å²) in [5, 5.41) is 15.9. The van der Waals surface area contributed by atoms with Crippen molar-refractivity contribution in [3.05, 3.63) is 57.7 Å². The highest BCUT2D eigenvalue weighted by atomic mass is 32.1. The highest BCUT2D eigenvalue weighted by Gasteiger charge is 2.17. The minimum atomic E-state index is 0.109. The SMILES string of the molecule is COc1cc(-c2csc(=NC(C)C)n2N=C(C)c2ccc(C#N)cc2)cc(OC)c1OC. The zero-order valence-electron chi connectivity index (χ0n) is 19.0. The molecule has 166 valence electrons. The van der Waals surface area contributed by atoms with Crippen LogP contribution in [0.2, 0.25) is 0 Å². The first-order chi connectivity index (χ1) is 15.4. The number of aromatic nitrogens is 1. The first-order valence-electron chi connectivity index (χ1n) is 10.0. The Morgan fingerprint density at radius 2 is 1.66 bits per heavy atom. The Morgan fingerprint density at radius 1 is 1.03 bits per heavy atom. The lowest BCUT2D eigenvalue weighted by Gasteiger charge is -2.14. The third kappa shape index (κ3) is 4.84. The molecule has 2 aromatic carbocycles. The Kier molecular flexibility index (Phi) is 7.33. The molecule has 0 aliphatic carbocycles. The van der Waals surface area contributed by atoms with Gasteiger partial charge >= 0.3 is 0 Å². The van der Waals surface area contributed by atoms with Crippen LogP contribution in [0.1, 0.15) is 31.9 Å². The summed E-state index contributed by atoms with van der Waals surface area (Å²) in [6.07, 6.45) is 0. The van der Waals surface area contributed by atoms with Crippen molar-refractivity contribution in [2.75, 3.05) is 21.3 Å². The van der Waals surface area contributed by atoms with Crippen LogP contribution in [0.15, 0.2) is 51.9 Å². The second kappa shape index (κ2) is 10.2. The van der Waals surface area contributed by atoms with Crippen molar-refractivity contribution in [3.63, 3.8) is 0 Å². The van der Waals surface area contributed by atoms with Gasteiger partial charge in [0.15, 0.2) is 11.5 Å². The van der Waals surface area contributed by atoms with Gasteiger partial charge in [-0.05, 0) is 50.6 Å². The Labute approximate surface area is 191 Å². The highest BCUT2D eigenvalue weighted by molar-refractivity contribution is 7.07. The molecule has 0 N–H and O–H groups in total. The number of hydrogen-bond donors (Lipinski definition) is 0. The number of thiazole rings is 1. The molecule has 1 aromatic heterocycles. The first-order valence-corrected chi connectivity index (χ1v) is 10.9. The van der Waals surface area contributed by atoms with E-state index in [-0.39, 0.29) is 6.04 Å². The predicted octanol–water partition coefficient (Wildman–Crippen LogP) is 4.70. The van der Waals surface area contributed by atoms with Crippen molar-refractivity contribution in [1.82, 2.24) is 4.68 Å². The second-order valence-electron chi connectivity index (χ2n) is 7.23. The zero-order valence-corrected chi connectivity index (χ0v) is 19.9. The van der Waals surface area contributed by atoms with Crippen molar-refractivity contribution in [3.8, 4) is 34.6 Å². The van der Waals surface area contributed by atoms with Crippen molar-refractivity contribution in [1.29, 1.82) is 5.26 Å². The van der Waals surface area contributed by atoms with Gasteiger partial charge in [0, 0.05) is 17.0 Å². The standard InChI is InChI=1S/C24H26N4O3S/c1-15(2)26-24-28(27-16(3)18-9-7-17(13-25)8-10-18)20(14-32-24)19-11-21(29-4)23(31-6)22(12-19)30-5/h7-12,14-15H,1-6H3. The van der Waals surface area contributed by atoms with E-state index in [1.807, 2.05) is 55.1 Å². The fourth-order valence-electron chi connectivity index (χ4n) is 3.13. The lowest BCUT2D eigenvalue weighted by atomic mass is 10.1. The Hall–Kier alpha value is -3.57. The van der Waals surface area contributed by atoms with Gasteiger partial charge in [0.1, 0.15) is 0 Å². The maximum Gasteiger partial charge on any atom is 0.206 e. The molecule has 0 spiro atoms. The van der Waals surface area contributed by atoms with Crippen LogP contribution in [0, 0.1) is 11.3 Å². The van der Waals surface area contributed by atoms with Crippen molar-refractivity contribution in [2.24, 2.45) is 10.1 Å². The van der Waals surface area contributed by atoms with Gasteiger partial charge < -0.3 is 14.2 Å². The van der Waals surface area contributed by atoms with Crippen LogP contribution in [-0.4, -0.2) is 37.8 Å². The number of rotatable bonds is 7. The van der Waals surface area contributed by atoms with E-state index in [9.17, 15) is 0 Å². The van der Waals surface area contributed by atoms with Gasteiger partial charge in [0.05, 0.1) is 44.4 Å². The van der Waals surface area contributed by atoms with Gasteiger partial charge in [-0.2, -0.15) is 10.4 Å². The van der Waals surface area contributed by atoms with Gasteiger partial charge in [-0.1, -0.05) is 12.1 Å².